The molecule has 3 aromatic rings. The van der Waals surface area contributed by atoms with Crippen molar-refractivity contribution in [2.24, 2.45) is 0 Å². The number of thiazole rings is 1. The van der Waals surface area contributed by atoms with Crippen molar-refractivity contribution in [2.45, 2.75) is 20.3 Å². The maximum atomic E-state index is 12.4. The van der Waals surface area contributed by atoms with Gasteiger partial charge >= 0.3 is 0 Å². The molecule has 1 saturated heterocycles. The van der Waals surface area contributed by atoms with Gasteiger partial charge in [-0.15, -0.1) is 22.7 Å². The molecule has 0 radical (unpaired) electrons. The third kappa shape index (κ3) is 3.95. The van der Waals surface area contributed by atoms with Gasteiger partial charge in [-0.2, -0.15) is 0 Å². The van der Waals surface area contributed by atoms with Gasteiger partial charge in [0, 0.05) is 31.1 Å². The predicted molar refractivity (Wildman–Crippen MR) is 111 cm³/mol. The van der Waals surface area contributed by atoms with E-state index in [9.17, 15) is 4.79 Å². The Balaban J connectivity index is 1.32. The number of aromatic nitrogens is 3. The number of anilines is 2. The van der Waals surface area contributed by atoms with Crippen LogP contribution in [0.5, 0.6) is 0 Å². The summed E-state index contributed by atoms with van der Waals surface area (Å²) in [6, 6.07) is 2.08. The van der Waals surface area contributed by atoms with Crippen LogP contribution in [0.1, 0.15) is 17.5 Å². The zero-order valence-electron chi connectivity index (χ0n) is 15.4. The van der Waals surface area contributed by atoms with E-state index in [-0.39, 0.29) is 5.91 Å². The first-order valence-corrected chi connectivity index (χ1v) is 10.8. The minimum absolute atomic E-state index is 0.00196. The Morgan fingerprint density at radius 1 is 1.26 bits per heavy atom. The van der Waals surface area contributed by atoms with Crippen LogP contribution in [0.15, 0.2) is 17.8 Å². The van der Waals surface area contributed by atoms with E-state index in [1.165, 1.54) is 4.88 Å². The van der Waals surface area contributed by atoms with Gasteiger partial charge in [0.05, 0.1) is 17.6 Å². The summed E-state index contributed by atoms with van der Waals surface area (Å²) in [5.41, 5.74) is 1.06. The van der Waals surface area contributed by atoms with Crippen LogP contribution in [0.4, 0.5) is 10.9 Å². The van der Waals surface area contributed by atoms with Gasteiger partial charge in [-0.1, -0.05) is 6.92 Å². The smallest absolute Gasteiger partial charge is 0.240 e. The molecule has 0 bridgehead atoms. The van der Waals surface area contributed by atoms with E-state index in [0.717, 1.165) is 54.3 Å². The zero-order chi connectivity index (χ0) is 18.8. The molecule has 0 spiro atoms. The lowest BCUT2D eigenvalue weighted by molar-refractivity contribution is -0.117. The first-order valence-electron chi connectivity index (χ1n) is 9.05. The van der Waals surface area contributed by atoms with Crippen LogP contribution >= 0.6 is 22.7 Å². The van der Waals surface area contributed by atoms with Crippen molar-refractivity contribution < 1.29 is 4.79 Å². The molecular weight excluding hydrogens is 380 g/mol. The maximum Gasteiger partial charge on any atom is 0.240 e. The van der Waals surface area contributed by atoms with Crippen molar-refractivity contribution in [2.75, 3.05) is 42.9 Å². The number of nitrogens with one attached hydrogen (secondary N) is 1. The van der Waals surface area contributed by atoms with Gasteiger partial charge in [0.2, 0.25) is 5.91 Å². The molecule has 142 valence electrons. The van der Waals surface area contributed by atoms with E-state index in [1.807, 2.05) is 12.3 Å². The lowest BCUT2D eigenvalue weighted by Gasteiger charge is -2.35. The molecule has 1 amide bonds. The first kappa shape index (κ1) is 18.3. The fourth-order valence-corrected chi connectivity index (χ4v) is 4.96. The van der Waals surface area contributed by atoms with Gasteiger partial charge in [-0.05, 0) is 24.8 Å². The second-order valence-corrected chi connectivity index (χ2v) is 8.62. The molecule has 1 N–H and O–H groups in total. The number of carbonyl (C=O) groups is 1. The van der Waals surface area contributed by atoms with Gasteiger partial charge in [0.1, 0.15) is 17.0 Å². The molecule has 0 atom stereocenters. The summed E-state index contributed by atoms with van der Waals surface area (Å²) >= 11 is 3.18. The Bertz CT molecular complexity index is 944. The van der Waals surface area contributed by atoms with Crippen LogP contribution in [-0.2, 0) is 11.2 Å². The summed E-state index contributed by atoms with van der Waals surface area (Å²) in [5.74, 6) is 0.998. The number of nitrogens with zero attached hydrogens (tertiary/aromatic N) is 5. The topological polar surface area (TPSA) is 74.2 Å². The molecule has 0 aromatic carbocycles. The number of piperazine rings is 1. The van der Waals surface area contributed by atoms with Gasteiger partial charge in [0.15, 0.2) is 5.13 Å². The molecule has 1 aliphatic rings. The highest BCUT2D eigenvalue weighted by Gasteiger charge is 2.22. The molecule has 1 aliphatic heterocycles. The van der Waals surface area contributed by atoms with E-state index >= 15 is 0 Å². The Labute approximate surface area is 166 Å². The second kappa shape index (κ2) is 7.87. The minimum Gasteiger partial charge on any atom is -0.353 e. The average molecular weight is 403 g/mol. The van der Waals surface area contributed by atoms with Crippen LogP contribution < -0.4 is 10.2 Å². The average Bonchev–Trinajstić information content (AvgIpc) is 3.28. The van der Waals surface area contributed by atoms with E-state index < -0.39 is 0 Å². The minimum atomic E-state index is 0.00196. The molecule has 3 aromatic heterocycles. The van der Waals surface area contributed by atoms with E-state index in [1.54, 1.807) is 29.0 Å². The van der Waals surface area contributed by atoms with Crippen LogP contribution in [0.2, 0.25) is 0 Å². The summed E-state index contributed by atoms with van der Waals surface area (Å²) in [6.07, 6.45) is 2.52. The van der Waals surface area contributed by atoms with Gasteiger partial charge in [-0.25, -0.2) is 15.0 Å². The largest absolute Gasteiger partial charge is 0.353 e. The quantitative estimate of drug-likeness (QED) is 0.707. The molecule has 7 nitrogen and oxygen atoms in total. The number of amides is 1. The van der Waals surface area contributed by atoms with Crippen molar-refractivity contribution >= 4 is 49.7 Å². The summed E-state index contributed by atoms with van der Waals surface area (Å²) < 4.78 is 0. The van der Waals surface area contributed by atoms with Crippen molar-refractivity contribution in [1.82, 2.24) is 19.9 Å². The second-order valence-electron chi connectivity index (χ2n) is 6.52. The lowest BCUT2D eigenvalue weighted by Crippen LogP contribution is -2.49. The zero-order valence-corrected chi connectivity index (χ0v) is 17.1. The normalized spacial score (nSPS) is 15.4. The molecule has 0 saturated carbocycles. The lowest BCUT2D eigenvalue weighted by atomic mass is 10.2. The summed E-state index contributed by atoms with van der Waals surface area (Å²) in [6.45, 7) is 7.89. The van der Waals surface area contributed by atoms with E-state index in [4.69, 9.17) is 0 Å². The first-order chi connectivity index (χ1) is 13.1. The highest BCUT2D eigenvalue weighted by Crippen LogP contribution is 2.27. The summed E-state index contributed by atoms with van der Waals surface area (Å²) in [5, 5.41) is 6.80. The van der Waals surface area contributed by atoms with Crippen molar-refractivity contribution in [3.05, 3.63) is 28.3 Å². The molecule has 27 heavy (non-hydrogen) atoms. The summed E-state index contributed by atoms with van der Waals surface area (Å²) in [4.78, 5) is 32.3. The fraction of sp³-hybridized carbons (Fsp3) is 0.444. The van der Waals surface area contributed by atoms with Crippen molar-refractivity contribution in [3.8, 4) is 0 Å². The van der Waals surface area contributed by atoms with Crippen molar-refractivity contribution in [3.63, 3.8) is 0 Å². The summed E-state index contributed by atoms with van der Waals surface area (Å²) in [7, 11) is 0. The molecule has 0 unspecified atom stereocenters. The van der Waals surface area contributed by atoms with Crippen LogP contribution in [0.3, 0.4) is 0 Å². The Kier molecular flexibility index (Phi) is 5.33. The molecule has 1 fully saturated rings. The number of rotatable bonds is 5. The number of carbonyl (C=O) groups excluding carboxylic acids is 1. The molecule has 4 heterocycles. The van der Waals surface area contributed by atoms with Crippen LogP contribution in [0.25, 0.3) is 10.2 Å². The SMILES string of the molecule is CCc1nc(NC(=O)CN2CCN(c3ncnc4sccc34)CC2)sc1C. The van der Waals surface area contributed by atoms with E-state index in [0.29, 0.717) is 11.7 Å². The van der Waals surface area contributed by atoms with Crippen LogP contribution in [0, 0.1) is 6.92 Å². The van der Waals surface area contributed by atoms with Crippen molar-refractivity contribution in [1.29, 1.82) is 0 Å². The molecule has 4 rings (SSSR count). The third-order valence-electron chi connectivity index (χ3n) is 4.75. The predicted octanol–water partition coefficient (Wildman–Crippen LogP) is 2.78. The van der Waals surface area contributed by atoms with Gasteiger partial charge in [0.25, 0.3) is 0 Å². The Morgan fingerprint density at radius 3 is 2.81 bits per heavy atom. The number of thiophene rings is 1. The van der Waals surface area contributed by atoms with Gasteiger partial charge in [-0.3, -0.25) is 9.69 Å². The monoisotopic (exact) mass is 402 g/mol. The standard InChI is InChI=1S/C18H22N6OS2/c1-3-14-12(2)27-18(21-14)22-15(25)10-23-5-7-24(8-6-23)16-13-4-9-26-17(13)20-11-19-16/h4,9,11H,3,5-8,10H2,1-2H3,(H,21,22,25). The molecule has 0 aliphatic carbocycles. The van der Waals surface area contributed by atoms with E-state index in [2.05, 4.69) is 43.1 Å². The molecule has 9 heteroatoms. The number of fused-ring (bicyclic) bond motifs is 1. The third-order valence-corrected chi connectivity index (χ3v) is 6.50. The van der Waals surface area contributed by atoms with Gasteiger partial charge < -0.3 is 10.2 Å². The number of hydrogen-bond acceptors (Lipinski definition) is 8. The Morgan fingerprint density at radius 2 is 2.07 bits per heavy atom. The maximum absolute atomic E-state index is 12.4. The molecular formula is C18H22N6OS2. The Hall–Kier alpha value is -2.10. The number of aryl methyl sites for hydroxylation is 2. The highest BCUT2D eigenvalue weighted by atomic mass is 32.1. The fourth-order valence-electron chi connectivity index (χ4n) is 3.32. The highest BCUT2D eigenvalue weighted by molar-refractivity contribution is 7.16. The van der Waals surface area contributed by atoms with Crippen LogP contribution in [-0.4, -0.2) is 58.5 Å². The number of hydrogen-bond donors (Lipinski definition) is 1.